The Morgan fingerprint density at radius 3 is 2.56 bits per heavy atom. The van der Waals surface area contributed by atoms with Crippen molar-refractivity contribution in [3.05, 3.63) is 46.2 Å². The number of nitrogens with two attached hydrogens (primary N) is 1. The molecular weight excluding hydrogens is 273 g/mol. The van der Waals surface area contributed by atoms with Crippen LogP contribution in [0.1, 0.15) is 10.5 Å². The second kappa shape index (κ2) is 4.92. The molecule has 0 aliphatic rings. The molecule has 0 atom stereocenters. The van der Waals surface area contributed by atoms with E-state index in [-0.39, 0.29) is 5.91 Å². The summed E-state index contributed by atoms with van der Waals surface area (Å²) < 4.78 is 1.65. The molecular formula is C12H11Cl2N3O. The second-order valence-electron chi connectivity index (χ2n) is 3.85. The van der Waals surface area contributed by atoms with Crippen LogP contribution in [-0.4, -0.2) is 10.5 Å². The number of hydrogen-bond donors (Lipinski definition) is 2. The van der Waals surface area contributed by atoms with Crippen LogP contribution in [0.2, 0.25) is 10.0 Å². The Kier molecular flexibility index (Phi) is 3.50. The Morgan fingerprint density at radius 2 is 2.00 bits per heavy atom. The Morgan fingerprint density at radius 1 is 1.28 bits per heavy atom. The number of nitrogens with one attached hydrogen (secondary N) is 1. The number of aromatic nitrogens is 1. The summed E-state index contributed by atoms with van der Waals surface area (Å²) in [5.74, 6) is -0.257. The summed E-state index contributed by atoms with van der Waals surface area (Å²) in [6.07, 6.45) is 1.67. The molecule has 0 saturated heterocycles. The standard InChI is InChI=1S/C12H11Cl2N3O/c1-17-6-7(15)4-11(17)12(18)16-8-2-3-9(13)10(14)5-8/h2-6H,15H2,1H3,(H,16,18). The molecule has 0 fully saturated rings. The highest BCUT2D eigenvalue weighted by atomic mass is 35.5. The molecule has 0 saturated carbocycles. The van der Waals surface area contributed by atoms with Crippen LogP contribution >= 0.6 is 23.2 Å². The van der Waals surface area contributed by atoms with Crippen LogP contribution in [0.3, 0.4) is 0 Å². The minimum Gasteiger partial charge on any atom is -0.397 e. The Bertz CT molecular complexity index is 607. The van der Waals surface area contributed by atoms with Crippen LogP contribution in [0.25, 0.3) is 0 Å². The van der Waals surface area contributed by atoms with Crippen molar-refractivity contribution in [3.8, 4) is 0 Å². The summed E-state index contributed by atoms with van der Waals surface area (Å²) in [5.41, 5.74) is 7.20. The fraction of sp³-hybridized carbons (Fsp3) is 0.0833. The van der Waals surface area contributed by atoms with Gasteiger partial charge in [0, 0.05) is 18.9 Å². The number of anilines is 2. The number of halogens is 2. The molecule has 1 aromatic carbocycles. The maximum atomic E-state index is 12.0. The average Bonchev–Trinajstić information content (AvgIpc) is 2.63. The molecule has 0 spiro atoms. The number of benzene rings is 1. The van der Waals surface area contributed by atoms with Crippen molar-refractivity contribution in [1.29, 1.82) is 0 Å². The van der Waals surface area contributed by atoms with E-state index < -0.39 is 0 Å². The van der Waals surface area contributed by atoms with E-state index in [0.717, 1.165) is 0 Å². The van der Waals surface area contributed by atoms with E-state index >= 15 is 0 Å². The van der Waals surface area contributed by atoms with Crippen LogP contribution in [-0.2, 0) is 7.05 Å². The van der Waals surface area contributed by atoms with Crippen molar-refractivity contribution < 1.29 is 4.79 Å². The van der Waals surface area contributed by atoms with Crippen molar-refractivity contribution in [1.82, 2.24) is 4.57 Å². The number of aryl methyl sites for hydroxylation is 1. The molecule has 0 radical (unpaired) electrons. The van der Waals surface area contributed by atoms with Crippen LogP contribution < -0.4 is 11.1 Å². The summed E-state index contributed by atoms with van der Waals surface area (Å²) in [5, 5.41) is 3.55. The topological polar surface area (TPSA) is 60.0 Å². The van der Waals surface area contributed by atoms with E-state index in [1.807, 2.05) is 0 Å². The smallest absolute Gasteiger partial charge is 0.272 e. The number of nitrogen functional groups attached to an aromatic ring is 1. The quantitative estimate of drug-likeness (QED) is 0.889. The van der Waals surface area contributed by atoms with E-state index in [9.17, 15) is 4.79 Å². The lowest BCUT2D eigenvalue weighted by Crippen LogP contribution is -2.15. The van der Waals surface area contributed by atoms with Gasteiger partial charge in [0.2, 0.25) is 0 Å². The van der Waals surface area contributed by atoms with Crippen molar-refractivity contribution >= 4 is 40.5 Å². The summed E-state index contributed by atoms with van der Waals surface area (Å²) in [7, 11) is 1.75. The van der Waals surface area contributed by atoms with E-state index in [4.69, 9.17) is 28.9 Å². The summed E-state index contributed by atoms with van der Waals surface area (Å²) in [6, 6.07) is 6.50. The predicted molar refractivity (Wildman–Crippen MR) is 74.2 cm³/mol. The molecule has 0 unspecified atom stereocenters. The minimum absolute atomic E-state index is 0.257. The number of amides is 1. The first-order chi connectivity index (χ1) is 8.47. The van der Waals surface area contributed by atoms with Crippen LogP contribution in [0.5, 0.6) is 0 Å². The SMILES string of the molecule is Cn1cc(N)cc1C(=O)Nc1ccc(Cl)c(Cl)c1. The lowest BCUT2D eigenvalue weighted by atomic mass is 10.3. The van der Waals surface area contributed by atoms with Gasteiger partial charge in [0.05, 0.1) is 15.7 Å². The average molecular weight is 284 g/mol. The number of rotatable bonds is 2. The molecule has 4 nitrogen and oxygen atoms in total. The predicted octanol–water partition coefficient (Wildman–Crippen LogP) is 3.17. The second-order valence-corrected chi connectivity index (χ2v) is 4.67. The summed E-state index contributed by atoms with van der Waals surface area (Å²) in [4.78, 5) is 12.0. The monoisotopic (exact) mass is 283 g/mol. The highest BCUT2D eigenvalue weighted by Gasteiger charge is 2.11. The third-order valence-corrected chi connectivity index (χ3v) is 3.18. The summed E-state index contributed by atoms with van der Waals surface area (Å²) >= 11 is 11.7. The maximum Gasteiger partial charge on any atom is 0.272 e. The van der Waals surface area contributed by atoms with Gasteiger partial charge in [-0.15, -0.1) is 0 Å². The first kappa shape index (κ1) is 12.8. The van der Waals surface area contributed by atoms with Crippen LogP contribution in [0, 0.1) is 0 Å². The van der Waals surface area contributed by atoms with Gasteiger partial charge in [-0.1, -0.05) is 23.2 Å². The highest BCUT2D eigenvalue weighted by molar-refractivity contribution is 6.42. The number of carbonyl (C=O) groups is 1. The van der Waals surface area contributed by atoms with E-state index in [2.05, 4.69) is 5.32 Å². The molecule has 18 heavy (non-hydrogen) atoms. The minimum atomic E-state index is -0.257. The number of nitrogens with zero attached hydrogens (tertiary/aromatic N) is 1. The first-order valence-electron chi connectivity index (χ1n) is 5.15. The van der Waals surface area contributed by atoms with E-state index in [1.54, 1.807) is 42.1 Å². The zero-order chi connectivity index (χ0) is 13.3. The maximum absolute atomic E-state index is 12.0. The van der Waals surface area contributed by atoms with Gasteiger partial charge in [0.25, 0.3) is 5.91 Å². The van der Waals surface area contributed by atoms with Crippen molar-refractivity contribution in [2.45, 2.75) is 0 Å². The van der Waals surface area contributed by atoms with Crippen molar-refractivity contribution in [2.75, 3.05) is 11.1 Å². The third-order valence-electron chi connectivity index (χ3n) is 2.44. The highest BCUT2D eigenvalue weighted by Crippen LogP contribution is 2.25. The zero-order valence-electron chi connectivity index (χ0n) is 9.58. The van der Waals surface area contributed by atoms with Crippen LogP contribution in [0.15, 0.2) is 30.5 Å². The van der Waals surface area contributed by atoms with Gasteiger partial charge < -0.3 is 15.6 Å². The largest absolute Gasteiger partial charge is 0.397 e. The third kappa shape index (κ3) is 2.60. The Labute approximate surface area is 114 Å². The van der Waals surface area contributed by atoms with Gasteiger partial charge in [-0.3, -0.25) is 4.79 Å². The van der Waals surface area contributed by atoms with Gasteiger partial charge in [-0.25, -0.2) is 0 Å². The molecule has 1 aromatic heterocycles. The lowest BCUT2D eigenvalue weighted by Gasteiger charge is -2.06. The molecule has 0 aliphatic heterocycles. The van der Waals surface area contributed by atoms with Gasteiger partial charge in [0.1, 0.15) is 5.69 Å². The summed E-state index contributed by atoms with van der Waals surface area (Å²) in [6.45, 7) is 0. The number of hydrogen-bond acceptors (Lipinski definition) is 2. The fourth-order valence-corrected chi connectivity index (χ4v) is 1.88. The zero-order valence-corrected chi connectivity index (χ0v) is 11.1. The fourth-order valence-electron chi connectivity index (χ4n) is 1.58. The molecule has 2 aromatic rings. The molecule has 0 aliphatic carbocycles. The van der Waals surface area contributed by atoms with E-state index in [1.165, 1.54) is 0 Å². The molecule has 2 rings (SSSR count). The molecule has 3 N–H and O–H groups in total. The van der Waals surface area contributed by atoms with Crippen molar-refractivity contribution in [3.63, 3.8) is 0 Å². The molecule has 1 heterocycles. The van der Waals surface area contributed by atoms with E-state index in [0.29, 0.717) is 27.1 Å². The molecule has 6 heteroatoms. The first-order valence-corrected chi connectivity index (χ1v) is 5.91. The number of carbonyl (C=O) groups excluding carboxylic acids is 1. The Hall–Kier alpha value is -1.65. The molecule has 0 bridgehead atoms. The van der Waals surface area contributed by atoms with Gasteiger partial charge >= 0.3 is 0 Å². The van der Waals surface area contributed by atoms with Gasteiger partial charge in [0.15, 0.2) is 0 Å². The normalized spacial score (nSPS) is 10.4. The molecule has 1 amide bonds. The van der Waals surface area contributed by atoms with Gasteiger partial charge in [-0.05, 0) is 24.3 Å². The van der Waals surface area contributed by atoms with Crippen LogP contribution in [0.4, 0.5) is 11.4 Å². The van der Waals surface area contributed by atoms with Crippen molar-refractivity contribution in [2.24, 2.45) is 7.05 Å². The lowest BCUT2D eigenvalue weighted by molar-refractivity contribution is 0.101. The van der Waals surface area contributed by atoms with Gasteiger partial charge in [-0.2, -0.15) is 0 Å². The Balaban J connectivity index is 2.21. The molecule has 94 valence electrons.